The fourth-order valence-corrected chi connectivity index (χ4v) is 1.39. The van der Waals surface area contributed by atoms with E-state index in [1.54, 1.807) is 19.9 Å². The van der Waals surface area contributed by atoms with Crippen LogP contribution in [-0.4, -0.2) is 35.2 Å². The number of carbonyl (C=O) groups excluding carboxylic acids is 1. The van der Waals surface area contributed by atoms with Crippen LogP contribution in [0.5, 0.6) is 0 Å². The van der Waals surface area contributed by atoms with Gasteiger partial charge in [-0.15, -0.1) is 6.58 Å². The molecule has 0 unspecified atom stereocenters. The molecule has 0 aliphatic carbocycles. The third-order valence-electron chi connectivity index (χ3n) is 2.81. The Kier molecular flexibility index (Phi) is 7.27. The number of carboxylic acid groups (broad SMARTS) is 1. The van der Waals surface area contributed by atoms with Gasteiger partial charge in [-0.05, 0) is 26.7 Å². The molecule has 0 aromatic rings. The SMILES string of the molecule is C=CCCO[C@H](C)C(=O)N[C@@](C)(CC)CC(=O)O. The van der Waals surface area contributed by atoms with Crippen LogP contribution < -0.4 is 5.32 Å². The molecule has 0 aromatic carbocycles. The van der Waals surface area contributed by atoms with Crippen LogP contribution in [-0.2, 0) is 14.3 Å². The summed E-state index contributed by atoms with van der Waals surface area (Å²) < 4.78 is 5.31. The van der Waals surface area contributed by atoms with Crippen molar-refractivity contribution in [1.29, 1.82) is 0 Å². The largest absolute Gasteiger partial charge is 0.481 e. The first-order valence-electron chi connectivity index (χ1n) is 6.11. The van der Waals surface area contributed by atoms with Crippen LogP contribution in [0.4, 0.5) is 0 Å². The Labute approximate surface area is 108 Å². The minimum absolute atomic E-state index is 0.103. The van der Waals surface area contributed by atoms with Crippen molar-refractivity contribution in [2.24, 2.45) is 0 Å². The second-order valence-electron chi connectivity index (χ2n) is 4.56. The molecule has 0 saturated heterocycles. The average Bonchev–Trinajstić information content (AvgIpc) is 2.28. The molecule has 18 heavy (non-hydrogen) atoms. The second kappa shape index (κ2) is 7.87. The summed E-state index contributed by atoms with van der Waals surface area (Å²) in [6, 6.07) is 0. The molecule has 0 spiro atoms. The van der Waals surface area contributed by atoms with Gasteiger partial charge in [-0.3, -0.25) is 9.59 Å². The highest BCUT2D eigenvalue weighted by atomic mass is 16.5. The topological polar surface area (TPSA) is 75.6 Å². The zero-order chi connectivity index (χ0) is 14.2. The fraction of sp³-hybridized carbons (Fsp3) is 0.692. The van der Waals surface area contributed by atoms with Crippen LogP contribution in [0.3, 0.4) is 0 Å². The first-order chi connectivity index (χ1) is 8.34. The number of hydrogen-bond donors (Lipinski definition) is 2. The van der Waals surface area contributed by atoms with Crippen molar-refractivity contribution in [2.45, 2.75) is 51.7 Å². The number of rotatable bonds is 9. The van der Waals surface area contributed by atoms with Gasteiger partial charge >= 0.3 is 5.97 Å². The standard InChI is InChI=1S/C13H23NO4/c1-5-7-8-18-10(3)12(17)14-13(4,6-2)9-11(15)16/h5,10H,1,6-9H2,2-4H3,(H,14,17)(H,15,16)/t10-,13+/m1/s1. The van der Waals surface area contributed by atoms with E-state index in [4.69, 9.17) is 9.84 Å². The summed E-state index contributed by atoms with van der Waals surface area (Å²) in [7, 11) is 0. The van der Waals surface area contributed by atoms with E-state index in [0.717, 1.165) is 0 Å². The maximum Gasteiger partial charge on any atom is 0.305 e. The zero-order valence-corrected chi connectivity index (χ0v) is 11.4. The lowest BCUT2D eigenvalue weighted by Gasteiger charge is -2.29. The highest BCUT2D eigenvalue weighted by Crippen LogP contribution is 2.14. The molecule has 0 rings (SSSR count). The number of hydrogen-bond acceptors (Lipinski definition) is 3. The second-order valence-corrected chi connectivity index (χ2v) is 4.56. The van der Waals surface area contributed by atoms with Crippen LogP contribution >= 0.6 is 0 Å². The number of carbonyl (C=O) groups is 2. The maximum atomic E-state index is 11.8. The van der Waals surface area contributed by atoms with Crippen molar-refractivity contribution in [3.8, 4) is 0 Å². The van der Waals surface area contributed by atoms with Crippen molar-refractivity contribution in [3.63, 3.8) is 0 Å². The molecular formula is C13H23NO4. The number of ether oxygens (including phenoxy) is 1. The van der Waals surface area contributed by atoms with Crippen molar-refractivity contribution in [3.05, 3.63) is 12.7 Å². The van der Waals surface area contributed by atoms with Gasteiger partial charge in [0.15, 0.2) is 0 Å². The molecule has 0 aromatic heterocycles. The lowest BCUT2D eigenvalue weighted by Crippen LogP contribution is -2.50. The lowest BCUT2D eigenvalue weighted by atomic mass is 9.94. The third-order valence-corrected chi connectivity index (χ3v) is 2.81. The molecule has 0 bridgehead atoms. The summed E-state index contributed by atoms with van der Waals surface area (Å²) in [4.78, 5) is 22.6. The molecule has 2 N–H and O–H groups in total. The predicted molar refractivity (Wildman–Crippen MR) is 69.3 cm³/mol. The van der Waals surface area contributed by atoms with Gasteiger partial charge < -0.3 is 15.2 Å². The molecule has 0 saturated carbocycles. The molecule has 5 nitrogen and oxygen atoms in total. The molecule has 0 radical (unpaired) electrons. The van der Waals surface area contributed by atoms with E-state index in [1.807, 2.05) is 6.92 Å². The lowest BCUT2D eigenvalue weighted by molar-refractivity contribution is -0.140. The Hall–Kier alpha value is -1.36. The van der Waals surface area contributed by atoms with Crippen LogP contribution in [0.2, 0.25) is 0 Å². The van der Waals surface area contributed by atoms with Crippen LogP contribution in [0.15, 0.2) is 12.7 Å². The average molecular weight is 257 g/mol. The smallest absolute Gasteiger partial charge is 0.305 e. The van der Waals surface area contributed by atoms with Gasteiger partial charge in [-0.1, -0.05) is 13.0 Å². The fourth-order valence-electron chi connectivity index (χ4n) is 1.39. The molecule has 5 heteroatoms. The molecule has 0 heterocycles. The van der Waals surface area contributed by atoms with Gasteiger partial charge in [0.2, 0.25) is 5.91 Å². The minimum atomic E-state index is -0.931. The van der Waals surface area contributed by atoms with Crippen LogP contribution in [0, 0.1) is 0 Å². The highest BCUT2D eigenvalue weighted by molar-refractivity contribution is 5.82. The number of amides is 1. The first kappa shape index (κ1) is 16.6. The normalized spacial score (nSPS) is 15.5. The Morgan fingerprint density at radius 2 is 2.17 bits per heavy atom. The van der Waals surface area contributed by atoms with Crippen molar-refractivity contribution >= 4 is 11.9 Å². The Morgan fingerprint density at radius 1 is 1.56 bits per heavy atom. The molecular weight excluding hydrogens is 234 g/mol. The van der Waals surface area contributed by atoms with Crippen LogP contribution in [0.1, 0.15) is 40.0 Å². The van der Waals surface area contributed by atoms with E-state index in [-0.39, 0.29) is 12.3 Å². The Balaban J connectivity index is 4.32. The quantitative estimate of drug-likeness (QED) is 0.487. The maximum absolute atomic E-state index is 11.8. The Bertz CT molecular complexity index is 303. The summed E-state index contributed by atoms with van der Waals surface area (Å²) in [5.74, 6) is -1.22. The van der Waals surface area contributed by atoms with E-state index in [2.05, 4.69) is 11.9 Å². The molecule has 0 fully saturated rings. The van der Waals surface area contributed by atoms with Crippen LogP contribution in [0.25, 0.3) is 0 Å². The number of aliphatic carboxylic acids is 1. The molecule has 0 aliphatic rings. The Morgan fingerprint density at radius 3 is 2.61 bits per heavy atom. The van der Waals surface area contributed by atoms with Crippen molar-refractivity contribution in [2.75, 3.05) is 6.61 Å². The van der Waals surface area contributed by atoms with E-state index in [0.29, 0.717) is 19.4 Å². The number of nitrogens with one attached hydrogen (secondary N) is 1. The highest BCUT2D eigenvalue weighted by Gasteiger charge is 2.29. The van der Waals surface area contributed by atoms with Crippen molar-refractivity contribution < 1.29 is 19.4 Å². The summed E-state index contributed by atoms with van der Waals surface area (Å²) in [5.41, 5.74) is -0.737. The van der Waals surface area contributed by atoms with Gasteiger partial charge in [0.25, 0.3) is 0 Å². The van der Waals surface area contributed by atoms with Gasteiger partial charge in [0.1, 0.15) is 6.10 Å². The summed E-state index contributed by atoms with van der Waals surface area (Å²) >= 11 is 0. The summed E-state index contributed by atoms with van der Waals surface area (Å²) in [6.45, 7) is 9.20. The van der Waals surface area contributed by atoms with E-state index in [1.165, 1.54) is 0 Å². The summed E-state index contributed by atoms with van der Waals surface area (Å²) in [5, 5.41) is 11.5. The van der Waals surface area contributed by atoms with Gasteiger partial charge in [-0.25, -0.2) is 0 Å². The third kappa shape index (κ3) is 6.39. The van der Waals surface area contributed by atoms with Gasteiger partial charge in [0.05, 0.1) is 13.0 Å². The molecule has 104 valence electrons. The van der Waals surface area contributed by atoms with E-state index < -0.39 is 17.6 Å². The monoisotopic (exact) mass is 257 g/mol. The predicted octanol–water partition coefficient (Wildman–Crippen LogP) is 1.73. The zero-order valence-electron chi connectivity index (χ0n) is 11.4. The number of carboxylic acids is 1. The molecule has 2 atom stereocenters. The minimum Gasteiger partial charge on any atom is -0.481 e. The molecule has 1 amide bonds. The first-order valence-corrected chi connectivity index (χ1v) is 6.11. The van der Waals surface area contributed by atoms with E-state index in [9.17, 15) is 9.59 Å². The van der Waals surface area contributed by atoms with Crippen molar-refractivity contribution in [1.82, 2.24) is 5.32 Å². The van der Waals surface area contributed by atoms with Gasteiger partial charge in [-0.2, -0.15) is 0 Å². The van der Waals surface area contributed by atoms with E-state index >= 15 is 0 Å². The summed E-state index contributed by atoms with van der Waals surface area (Å²) in [6.07, 6.45) is 2.24. The molecule has 0 aliphatic heterocycles. The van der Waals surface area contributed by atoms with Gasteiger partial charge in [0, 0.05) is 5.54 Å².